The van der Waals surface area contributed by atoms with Crippen molar-refractivity contribution < 1.29 is 22.7 Å². The van der Waals surface area contributed by atoms with E-state index in [0.717, 1.165) is 12.8 Å². The van der Waals surface area contributed by atoms with E-state index in [2.05, 4.69) is 10.1 Å². The highest BCUT2D eigenvalue weighted by atomic mass is 19.4. The van der Waals surface area contributed by atoms with Crippen molar-refractivity contribution in [1.29, 1.82) is 0 Å². The first-order valence-corrected chi connectivity index (χ1v) is 7.68. The Bertz CT molecular complexity index is 534. The maximum absolute atomic E-state index is 12.4. The van der Waals surface area contributed by atoms with Gasteiger partial charge in [0.1, 0.15) is 5.75 Å². The Hall–Kier alpha value is -1.76. The molecule has 1 amide bonds. The number of amides is 1. The van der Waals surface area contributed by atoms with Crippen LogP contribution in [0.4, 0.5) is 13.2 Å². The lowest BCUT2D eigenvalue weighted by molar-refractivity contribution is -0.274. The van der Waals surface area contributed by atoms with Crippen LogP contribution in [-0.2, 0) is 11.2 Å². The topological polar surface area (TPSA) is 41.6 Å². The van der Waals surface area contributed by atoms with Gasteiger partial charge in [-0.3, -0.25) is 4.79 Å². The summed E-state index contributed by atoms with van der Waals surface area (Å²) in [5, 5.41) is 3.16. The number of nitrogens with one attached hydrogen (secondary N) is 1. The molecule has 2 rings (SSSR count). The number of rotatable bonds is 5. The normalized spacial score (nSPS) is 18.8. The summed E-state index contributed by atoms with van der Waals surface area (Å²) in [4.78, 5) is 14.0. The van der Waals surface area contributed by atoms with E-state index < -0.39 is 6.36 Å². The number of likely N-dealkylation sites (N-methyl/N-ethyl adjacent to an activating group) is 1. The average Bonchev–Trinajstić information content (AvgIpc) is 2.52. The number of carbonyl (C=O) groups is 1. The van der Waals surface area contributed by atoms with Crippen LogP contribution < -0.4 is 10.1 Å². The van der Waals surface area contributed by atoms with E-state index in [1.165, 1.54) is 12.1 Å². The zero-order valence-corrected chi connectivity index (χ0v) is 13.0. The van der Waals surface area contributed by atoms with Crippen molar-refractivity contribution in [2.45, 2.75) is 38.1 Å². The zero-order chi connectivity index (χ0) is 16.9. The Labute approximate surface area is 133 Å². The number of nitrogens with zero attached hydrogens (tertiary/aromatic N) is 1. The fraction of sp³-hybridized carbons (Fsp3) is 0.562. The first-order chi connectivity index (χ1) is 10.9. The lowest BCUT2D eigenvalue weighted by atomic mass is 10.0. The Kier molecular flexibility index (Phi) is 5.87. The smallest absolute Gasteiger partial charge is 0.406 e. The highest BCUT2D eigenvalue weighted by Gasteiger charge is 2.32. The van der Waals surface area contributed by atoms with E-state index in [0.29, 0.717) is 18.7 Å². The largest absolute Gasteiger partial charge is 0.573 e. The van der Waals surface area contributed by atoms with Crippen LogP contribution in [0.3, 0.4) is 0 Å². The molecule has 23 heavy (non-hydrogen) atoms. The van der Waals surface area contributed by atoms with E-state index in [4.69, 9.17) is 0 Å². The molecule has 1 heterocycles. The van der Waals surface area contributed by atoms with Crippen LogP contribution in [0.15, 0.2) is 24.3 Å². The van der Waals surface area contributed by atoms with Crippen LogP contribution in [0, 0.1) is 0 Å². The second-order valence-corrected chi connectivity index (χ2v) is 5.62. The number of para-hydroxylation sites is 1. The number of halogens is 3. The molecule has 1 aromatic rings. The molecule has 1 N–H and O–H groups in total. The zero-order valence-electron chi connectivity index (χ0n) is 13.0. The second-order valence-electron chi connectivity index (χ2n) is 5.62. The first-order valence-electron chi connectivity index (χ1n) is 7.68. The summed E-state index contributed by atoms with van der Waals surface area (Å²) in [6.45, 7) is 1.35. The summed E-state index contributed by atoms with van der Waals surface area (Å²) in [7, 11) is 1.86. The number of ether oxygens (including phenoxy) is 1. The molecule has 0 radical (unpaired) electrons. The number of benzene rings is 1. The van der Waals surface area contributed by atoms with Gasteiger partial charge in [-0.1, -0.05) is 18.2 Å². The second kappa shape index (κ2) is 7.68. The molecule has 4 nitrogen and oxygen atoms in total. The Morgan fingerprint density at radius 3 is 2.83 bits per heavy atom. The number of hydrogen-bond donors (Lipinski definition) is 1. The first kappa shape index (κ1) is 17.6. The van der Waals surface area contributed by atoms with Crippen LogP contribution in [0.2, 0.25) is 0 Å². The summed E-state index contributed by atoms with van der Waals surface area (Å²) < 4.78 is 41.2. The van der Waals surface area contributed by atoms with Crippen molar-refractivity contribution in [3.05, 3.63) is 29.8 Å². The summed E-state index contributed by atoms with van der Waals surface area (Å²) in [6.07, 6.45) is -2.36. The third-order valence-electron chi connectivity index (χ3n) is 3.99. The van der Waals surface area contributed by atoms with Gasteiger partial charge in [0.05, 0.1) is 0 Å². The quantitative estimate of drug-likeness (QED) is 0.903. The van der Waals surface area contributed by atoms with Gasteiger partial charge in [-0.05, 0) is 37.9 Å². The average molecular weight is 330 g/mol. The monoisotopic (exact) mass is 330 g/mol. The fourth-order valence-corrected chi connectivity index (χ4v) is 2.77. The van der Waals surface area contributed by atoms with Gasteiger partial charge in [-0.15, -0.1) is 13.2 Å². The molecular weight excluding hydrogens is 309 g/mol. The number of likely N-dealkylation sites (tertiary alicyclic amines) is 1. The predicted molar refractivity (Wildman–Crippen MR) is 80.1 cm³/mol. The molecule has 0 bridgehead atoms. The van der Waals surface area contributed by atoms with Crippen molar-refractivity contribution in [1.82, 2.24) is 10.2 Å². The van der Waals surface area contributed by atoms with Gasteiger partial charge < -0.3 is 15.0 Å². The minimum Gasteiger partial charge on any atom is -0.406 e. The van der Waals surface area contributed by atoms with E-state index in [1.54, 1.807) is 17.0 Å². The molecule has 1 atom stereocenters. The lowest BCUT2D eigenvalue weighted by Crippen LogP contribution is -2.47. The van der Waals surface area contributed by atoms with Crippen LogP contribution >= 0.6 is 0 Å². The minimum absolute atomic E-state index is 0.0354. The molecule has 1 aromatic carbocycles. The molecule has 0 saturated carbocycles. The molecule has 1 saturated heterocycles. The number of carbonyl (C=O) groups excluding carboxylic acids is 1. The van der Waals surface area contributed by atoms with Crippen molar-refractivity contribution >= 4 is 5.91 Å². The molecule has 1 fully saturated rings. The third kappa shape index (κ3) is 5.42. The summed E-state index contributed by atoms with van der Waals surface area (Å²) in [6, 6.07) is 6.23. The Morgan fingerprint density at radius 2 is 2.13 bits per heavy atom. The maximum atomic E-state index is 12.4. The van der Waals surface area contributed by atoms with Crippen molar-refractivity contribution in [2.24, 2.45) is 0 Å². The SMILES string of the molecule is CN[C@@H]1CCCN(C(=O)CCc2ccccc2OC(F)(F)F)C1. The fourth-order valence-electron chi connectivity index (χ4n) is 2.77. The molecule has 0 aliphatic carbocycles. The highest BCUT2D eigenvalue weighted by Crippen LogP contribution is 2.27. The van der Waals surface area contributed by atoms with E-state index in [9.17, 15) is 18.0 Å². The lowest BCUT2D eigenvalue weighted by Gasteiger charge is -2.32. The summed E-state index contributed by atoms with van der Waals surface area (Å²) in [5.41, 5.74) is 0.389. The maximum Gasteiger partial charge on any atom is 0.573 e. The van der Waals surface area contributed by atoms with Gasteiger partial charge >= 0.3 is 6.36 Å². The predicted octanol–water partition coefficient (Wildman–Crippen LogP) is 2.73. The van der Waals surface area contributed by atoms with Gasteiger partial charge in [-0.2, -0.15) is 0 Å². The van der Waals surface area contributed by atoms with Crippen LogP contribution in [-0.4, -0.2) is 43.3 Å². The number of hydrogen-bond acceptors (Lipinski definition) is 3. The minimum atomic E-state index is -4.73. The summed E-state index contributed by atoms with van der Waals surface area (Å²) >= 11 is 0. The van der Waals surface area contributed by atoms with Crippen molar-refractivity contribution in [3.8, 4) is 5.75 Å². The molecule has 0 unspecified atom stereocenters. The molecule has 1 aliphatic rings. The van der Waals surface area contributed by atoms with Gasteiger partial charge in [0.25, 0.3) is 0 Å². The Morgan fingerprint density at radius 1 is 1.39 bits per heavy atom. The molecule has 0 aromatic heterocycles. The van der Waals surface area contributed by atoms with Crippen LogP contribution in [0.1, 0.15) is 24.8 Å². The van der Waals surface area contributed by atoms with Gasteiger partial charge in [0.2, 0.25) is 5.91 Å². The Balaban J connectivity index is 1.94. The van der Waals surface area contributed by atoms with Gasteiger partial charge in [-0.25, -0.2) is 0 Å². The standard InChI is InChI=1S/C16H21F3N2O2/c1-20-13-6-4-10-21(11-13)15(22)9-8-12-5-2-3-7-14(12)23-16(17,18)19/h2-3,5,7,13,20H,4,6,8-11H2,1H3/t13-/m1/s1. The molecule has 7 heteroatoms. The van der Waals surface area contributed by atoms with Gasteiger partial charge in [0, 0.05) is 25.6 Å². The number of piperidine rings is 1. The molecule has 0 spiro atoms. The highest BCUT2D eigenvalue weighted by molar-refractivity contribution is 5.76. The van der Waals surface area contributed by atoms with Crippen molar-refractivity contribution in [2.75, 3.05) is 20.1 Å². The van der Waals surface area contributed by atoms with E-state index >= 15 is 0 Å². The van der Waals surface area contributed by atoms with E-state index in [1.807, 2.05) is 7.05 Å². The number of alkyl halides is 3. The molecular formula is C16H21F3N2O2. The number of aryl methyl sites for hydroxylation is 1. The van der Waals surface area contributed by atoms with Crippen molar-refractivity contribution in [3.63, 3.8) is 0 Å². The summed E-state index contributed by atoms with van der Waals surface area (Å²) in [5.74, 6) is -0.272. The molecule has 1 aliphatic heterocycles. The van der Waals surface area contributed by atoms with E-state index in [-0.39, 0.29) is 30.5 Å². The third-order valence-corrected chi connectivity index (χ3v) is 3.99. The van der Waals surface area contributed by atoms with Gasteiger partial charge in [0.15, 0.2) is 0 Å². The van der Waals surface area contributed by atoms with Crippen LogP contribution in [0.25, 0.3) is 0 Å². The molecule has 128 valence electrons. The van der Waals surface area contributed by atoms with Crippen LogP contribution in [0.5, 0.6) is 5.75 Å².